The number of carbonyl (C=O) groups is 2. The van der Waals surface area contributed by atoms with E-state index in [4.69, 9.17) is 5.11 Å². The summed E-state index contributed by atoms with van der Waals surface area (Å²) in [5.74, 6) is -1.52. The summed E-state index contributed by atoms with van der Waals surface area (Å²) < 4.78 is 39.0. The third-order valence-electron chi connectivity index (χ3n) is 4.83. The number of aliphatic hydroxyl groups is 1. The quantitative estimate of drug-likeness (QED) is 0.517. The Labute approximate surface area is 187 Å². The fraction of sp³-hybridized carbons (Fsp3) is 0.364. The summed E-state index contributed by atoms with van der Waals surface area (Å²) in [6.07, 6.45) is 1.02. The lowest BCUT2D eigenvalue weighted by Crippen LogP contribution is -2.51. The van der Waals surface area contributed by atoms with Crippen molar-refractivity contribution in [1.29, 1.82) is 0 Å². The normalized spacial score (nSPS) is 12.4. The van der Waals surface area contributed by atoms with Gasteiger partial charge in [-0.25, -0.2) is 12.8 Å². The van der Waals surface area contributed by atoms with E-state index in [-0.39, 0.29) is 26.2 Å². The number of nitrogens with one attached hydrogen (secondary N) is 1. The lowest BCUT2D eigenvalue weighted by molar-refractivity contribution is -0.140. The van der Waals surface area contributed by atoms with Crippen LogP contribution in [0.15, 0.2) is 54.6 Å². The fourth-order valence-electron chi connectivity index (χ4n) is 3.02. The van der Waals surface area contributed by atoms with Crippen molar-refractivity contribution in [1.82, 2.24) is 14.5 Å². The highest BCUT2D eigenvalue weighted by molar-refractivity contribution is 7.88. The first-order chi connectivity index (χ1) is 15.1. The number of benzene rings is 2. The minimum Gasteiger partial charge on any atom is -0.395 e. The molecule has 0 unspecified atom stereocenters. The SMILES string of the molecule is C[C@H](C(=O)NCCO)N(Cc1ccc(F)cc1)C(=O)CN(Cc1ccccc1)S(C)(=O)=O. The Balaban J connectivity index is 2.27. The van der Waals surface area contributed by atoms with Gasteiger partial charge in [-0.3, -0.25) is 9.59 Å². The molecular weight excluding hydrogens is 437 g/mol. The Morgan fingerprint density at radius 2 is 1.62 bits per heavy atom. The molecule has 0 bridgehead atoms. The second-order valence-corrected chi connectivity index (χ2v) is 9.34. The number of carbonyl (C=O) groups excluding carboxylic acids is 2. The van der Waals surface area contributed by atoms with E-state index in [0.717, 1.165) is 10.6 Å². The Kier molecular flexibility index (Phi) is 9.30. The van der Waals surface area contributed by atoms with E-state index in [2.05, 4.69) is 5.32 Å². The van der Waals surface area contributed by atoms with Gasteiger partial charge in [0.2, 0.25) is 21.8 Å². The molecule has 0 heterocycles. The molecule has 0 aromatic heterocycles. The van der Waals surface area contributed by atoms with Gasteiger partial charge in [-0.1, -0.05) is 42.5 Å². The number of sulfonamides is 1. The van der Waals surface area contributed by atoms with Crippen LogP contribution in [0.4, 0.5) is 4.39 Å². The number of rotatable bonds is 11. The van der Waals surface area contributed by atoms with Gasteiger partial charge in [0.15, 0.2) is 0 Å². The van der Waals surface area contributed by atoms with Crippen LogP contribution in [0.3, 0.4) is 0 Å². The Morgan fingerprint density at radius 3 is 2.19 bits per heavy atom. The molecule has 1 atom stereocenters. The predicted octanol–water partition coefficient (Wildman–Crippen LogP) is 1.11. The van der Waals surface area contributed by atoms with Gasteiger partial charge in [0.25, 0.3) is 0 Å². The number of aliphatic hydroxyl groups excluding tert-OH is 1. The number of hydrogen-bond acceptors (Lipinski definition) is 5. The zero-order chi connectivity index (χ0) is 23.7. The standard InChI is InChI=1S/C22H28FN3O5S/c1-17(22(29)24-12-13-27)26(15-19-8-10-20(23)11-9-19)21(28)16-25(32(2,30)31)14-18-6-4-3-5-7-18/h3-11,17,27H,12-16H2,1-2H3,(H,24,29)/t17-/m1/s1. The van der Waals surface area contributed by atoms with E-state index in [1.165, 1.54) is 36.1 Å². The molecule has 0 aliphatic rings. The molecule has 0 saturated heterocycles. The zero-order valence-corrected chi connectivity index (χ0v) is 18.9. The summed E-state index contributed by atoms with van der Waals surface area (Å²) in [7, 11) is -3.73. The summed E-state index contributed by atoms with van der Waals surface area (Å²) >= 11 is 0. The van der Waals surface area contributed by atoms with E-state index >= 15 is 0 Å². The van der Waals surface area contributed by atoms with Crippen molar-refractivity contribution in [2.45, 2.75) is 26.1 Å². The second kappa shape index (κ2) is 11.7. The molecule has 0 spiro atoms. The Hall–Kier alpha value is -2.82. The molecule has 0 fully saturated rings. The highest BCUT2D eigenvalue weighted by Gasteiger charge is 2.29. The van der Waals surface area contributed by atoms with Crippen molar-refractivity contribution < 1.29 is 27.5 Å². The van der Waals surface area contributed by atoms with Gasteiger partial charge in [-0.2, -0.15) is 4.31 Å². The van der Waals surface area contributed by atoms with Crippen LogP contribution in [0.5, 0.6) is 0 Å². The molecule has 2 aromatic carbocycles. The molecule has 10 heteroatoms. The molecule has 0 radical (unpaired) electrons. The molecule has 2 rings (SSSR count). The first-order valence-electron chi connectivity index (χ1n) is 10.0. The van der Waals surface area contributed by atoms with Crippen LogP contribution < -0.4 is 5.32 Å². The average molecular weight is 466 g/mol. The monoisotopic (exact) mass is 465 g/mol. The number of nitrogens with zero attached hydrogens (tertiary/aromatic N) is 2. The van der Waals surface area contributed by atoms with Crippen molar-refractivity contribution in [2.24, 2.45) is 0 Å². The lowest BCUT2D eigenvalue weighted by Gasteiger charge is -2.31. The largest absolute Gasteiger partial charge is 0.395 e. The molecule has 0 aliphatic heterocycles. The summed E-state index contributed by atoms with van der Waals surface area (Å²) in [6.45, 7) is 0.786. The molecule has 2 N–H and O–H groups in total. The molecule has 8 nitrogen and oxygen atoms in total. The number of amides is 2. The van der Waals surface area contributed by atoms with Gasteiger partial charge in [0, 0.05) is 19.6 Å². The molecule has 2 amide bonds. The summed E-state index contributed by atoms with van der Waals surface area (Å²) in [5, 5.41) is 11.5. The van der Waals surface area contributed by atoms with Crippen molar-refractivity contribution >= 4 is 21.8 Å². The molecule has 174 valence electrons. The minimum atomic E-state index is -3.73. The molecular formula is C22H28FN3O5S. The maximum Gasteiger partial charge on any atom is 0.242 e. The molecule has 0 aliphatic carbocycles. The van der Waals surface area contributed by atoms with Gasteiger partial charge in [-0.05, 0) is 30.2 Å². The molecule has 2 aromatic rings. The van der Waals surface area contributed by atoms with E-state index < -0.39 is 40.2 Å². The van der Waals surface area contributed by atoms with Crippen LogP contribution in [0.1, 0.15) is 18.1 Å². The summed E-state index contributed by atoms with van der Waals surface area (Å²) in [6, 6.07) is 13.4. The van der Waals surface area contributed by atoms with Crippen molar-refractivity contribution in [3.63, 3.8) is 0 Å². The topological polar surface area (TPSA) is 107 Å². The van der Waals surface area contributed by atoms with Crippen LogP contribution in [0.2, 0.25) is 0 Å². The van der Waals surface area contributed by atoms with Crippen LogP contribution in [-0.4, -0.2) is 66.5 Å². The van der Waals surface area contributed by atoms with Crippen molar-refractivity contribution in [2.75, 3.05) is 26.0 Å². The first kappa shape index (κ1) is 25.4. The van der Waals surface area contributed by atoms with Crippen molar-refractivity contribution in [3.05, 3.63) is 71.5 Å². The van der Waals surface area contributed by atoms with E-state index in [1.54, 1.807) is 30.3 Å². The third kappa shape index (κ3) is 7.70. The minimum absolute atomic E-state index is 0.000884. The zero-order valence-electron chi connectivity index (χ0n) is 18.1. The Morgan fingerprint density at radius 1 is 1.03 bits per heavy atom. The van der Waals surface area contributed by atoms with Crippen LogP contribution in [0.25, 0.3) is 0 Å². The van der Waals surface area contributed by atoms with E-state index in [9.17, 15) is 22.4 Å². The lowest BCUT2D eigenvalue weighted by atomic mass is 10.1. The van der Waals surface area contributed by atoms with Gasteiger partial charge in [0.1, 0.15) is 11.9 Å². The van der Waals surface area contributed by atoms with Gasteiger partial charge < -0.3 is 15.3 Å². The predicted molar refractivity (Wildman–Crippen MR) is 118 cm³/mol. The van der Waals surface area contributed by atoms with Crippen LogP contribution >= 0.6 is 0 Å². The smallest absolute Gasteiger partial charge is 0.242 e. The van der Waals surface area contributed by atoms with Crippen molar-refractivity contribution in [3.8, 4) is 0 Å². The van der Waals surface area contributed by atoms with Gasteiger partial charge >= 0.3 is 0 Å². The second-order valence-electron chi connectivity index (χ2n) is 7.36. The molecule has 32 heavy (non-hydrogen) atoms. The number of hydrogen-bond donors (Lipinski definition) is 2. The molecule has 0 saturated carbocycles. The maximum atomic E-state index is 13.3. The van der Waals surface area contributed by atoms with Gasteiger partial charge in [0.05, 0.1) is 19.4 Å². The highest BCUT2D eigenvalue weighted by atomic mass is 32.2. The Bertz CT molecular complexity index is 1000. The fourth-order valence-corrected chi connectivity index (χ4v) is 3.74. The number of halogens is 1. The average Bonchev–Trinajstić information content (AvgIpc) is 2.76. The first-order valence-corrected chi connectivity index (χ1v) is 11.9. The van der Waals surface area contributed by atoms with Crippen LogP contribution in [0, 0.1) is 5.82 Å². The maximum absolute atomic E-state index is 13.3. The highest BCUT2D eigenvalue weighted by Crippen LogP contribution is 2.14. The summed E-state index contributed by atoms with van der Waals surface area (Å²) in [4.78, 5) is 26.9. The van der Waals surface area contributed by atoms with Gasteiger partial charge in [-0.15, -0.1) is 0 Å². The van der Waals surface area contributed by atoms with E-state index in [0.29, 0.717) is 11.1 Å². The summed E-state index contributed by atoms with van der Waals surface area (Å²) in [5.41, 5.74) is 1.29. The van der Waals surface area contributed by atoms with Crippen LogP contribution in [-0.2, 0) is 32.7 Å². The van der Waals surface area contributed by atoms with E-state index in [1.807, 2.05) is 0 Å². The third-order valence-corrected chi connectivity index (χ3v) is 6.02.